The molecule has 4 heteroatoms. The highest BCUT2D eigenvalue weighted by atomic mass is 19.4. The summed E-state index contributed by atoms with van der Waals surface area (Å²) in [6, 6.07) is 0.317. The average Bonchev–Trinajstić information content (AvgIpc) is 2.94. The van der Waals surface area contributed by atoms with Gasteiger partial charge in [-0.1, -0.05) is 13.3 Å². The fraction of sp³-hybridized carbons (Fsp3) is 1.00. The van der Waals surface area contributed by atoms with Gasteiger partial charge >= 0.3 is 6.18 Å². The number of rotatable bonds is 7. The van der Waals surface area contributed by atoms with Crippen LogP contribution in [0, 0.1) is 17.8 Å². The average molecular weight is 277 g/mol. The zero-order valence-electron chi connectivity index (χ0n) is 11.8. The summed E-state index contributed by atoms with van der Waals surface area (Å²) in [6.07, 6.45) is 2.63. The Morgan fingerprint density at radius 3 is 2.53 bits per heavy atom. The Labute approximate surface area is 114 Å². The van der Waals surface area contributed by atoms with Gasteiger partial charge in [-0.05, 0) is 62.8 Å². The summed E-state index contributed by atoms with van der Waals surface area (Å²) in [4.78, 5) is 0. The third-order valence-electron chi connectivity index (χ3n) is 4.94. The van der Waals surface area contributed by atoms with Gasteiger partial charge in [0.05, 0.1) is 0 Å². The molecule has 0 aromatic carbocycles. The molecule has 0 spiro atoms. The molecule has 0 aromatic rings. The van der Waals surface area contributed by atoms with Crippen LogP contribution in [0.3, 0.4) is 0 Å². The first kappa shape index (κ1) is 15.1. The molecule has 19 heavy (non-hydrogen) atoms. The zero-order chi connectivity index (χ0) is 13.9. The van der Waals surface area contributed by atoms with E-state index in [1.54, 1.807) is 0 Å². The number of fused-ring (bicyclic) bond motifs is 2. The van der Waals surface area contributed by atoms with Gasteiger partial charge in [0.15, 0.2) is 0 Å². The lowest BCUT2D eigenvalue weighted by atomic mass is 9.81. The van der Waals surface area contributed by atoms with Crippen LogP contribution in [-0.4, -0.2) is 18.8 Å². The van der Waals surface area contributed by atoms with Gasteiger partial charge in [0, 0.05) is 12.5 Å². The molecule has 2 fully saturated rings. The summed E-state index contributed by atoms with van der Waals surface area (Å²) in [5.74, 6) is 2.28. The third kappa shape index (κ3) is 4.37. The van der Waals surface area contributed by atoms with E-state index in [1.807, 2.05) is 0 Å². The van der Waals surface area contributed by atoms with Crippen molar-refractivity contribution >= 4 is 0 Å². The normalized spacial score (nSPS) is 31.9. The summed E-state index contributed by atoms with van der Waals surface area (Å²) in [5, 5.41) is 3.52. The molecule has 2 aliphatic carbocycles. The van der Waals surface area contributed by atoms with Crippen molar-refractivity contribution in [3.8, 4) is 0 Å². The van der Waals surface area contributed by atoms with Crippen LogP contribution in [0.25, 0.3) is 0 Å². The van der Waals surface area contributed by atoms with E-state index in [9.17, 15) is 13.2 Å². The van der Waals surface area contributed by atoms with E-state index in [0.29, 0.717) is 18.4 Å². The van der Waals surface area contributed by atoms with Crippen LogP contribution in [0.5, 0.6) is 0 Å². The van der Waals surface area contributed by atoms with Crippen LogP contribution < -0.4 is 5.32 Å². The zero-order valence-corrected chi connectivity index (χ0v) is 11.8. The van der Waals surface area contributed by atoms with Crippen LogP contribution in [0.15, 0.2) is 0 Å². The Bertz CT molecular complexity index is 277. The minimum absolute atomic E-state index is 0.277. The maximum Gasteiger partial charge on any atom is 0.389 e. The third-order valence-corrected chi connectivity index (χ3v) is 4.94. The smallest absolute Gasteiger partial charge is 0.314 e. The number of hydrogen-bond acceptors (Lipinski definition) is 1. The van der Waals surface area contributed by atoms with Crippen LogP contribution in [0.4, 0.5) is 13.2 Å². The van der Waals surface area contributed by atoms with Crippen LogP contribution in [0.1, 0.15) is 58.3 Å². The van der Waals surface area contributed by atoms with Gasteiger partial charge < -0.3 is 5.32 Å². The summed E-state index contributed by atoms with van der Waals surface area (Å²) in [5.41, 5.74) is 0. The Morgan fingerprint density at radius 2 is 2.00 bits per heavy atom. The first-order valence-electron chi connectivity index (χ1n) is 7.79. The standard InChI is InChI=1S/C15H26F3N/c1-2-8-19-14(4-3-7-15(16,17)18)13-10-11-5-6-12(13)9-11/h11-14,19H,2-10H2,1H3. The maximum atomic E-state index is 12.3. The molecule has 4 atom stereocenters. The lowest BCUT2D eigenvalue weighted by molar-refractivity contribution is -0.136. The summed E-state index contributed by atoms with van der Waals surface area (Å²) < 4.78 is 36.8. The highest BCUT2D eigenvalue weighted by molar-refractivity contribution is 4.95. The minimum atomic E-state index is -4.00. The molecule has 0 aliphatic heterocycles. The molecule has 1 N–H and O–H groups in total. The van der Waals surface area contributed by atoms with Crippen LogP contribution in [0.2, 0.25) is 0 Å². The van der Waals surface area contributed by atoms with Gasteiger partial charge in [-0.2, -0.15) is 13.2 Å². The Balaban J connectivity index is 1.81. The van der Waals surface area contributed by atoms with E-state index in [4.69, 9.17) is 0 Å². The second kappa shape index (κ2) is 6.47. The van der Waals surface area contributed by atoms with Crippen LogP contribution in [-0.2, 0) is 0 Å². The molecule has 0 heterocycles. The van der Waals surface area contributed by atoms with E-state index in [1.165, 1.54) is 25.7 Å². The quantitative estimate of drug-likeness (QED) is 0.721. The van der Waals surface area contributed by atoms with E-state index in [0.717, 1.165) is 24.8 Å². The first-order valence-corrected chi connectivity index (χ1v) is 7.79. The Hall–Kier alpha value is -0.250. The van der Waals surface area contributed by atoms with Crippen molar-refractivity contribution in [2.45, 2.75) is 70.5 Å². The number of alkyl halides is 3. The van der Waals surface area contributed by atoms with Crippen molar-refractivity contribution in [2.24, 2.45) is 17.8 Å². The number of halogens is 3. The molecule has 0 radical (unpaired) electrons. The largest absolute Gasteiger partial charge is 0.389 e. The second-order valence-electron chi connectivity index (χ2n) is 6.41. The molecule has 112 valence electrons. The second-order valence-corrected chi connectivity index (χ2v) is 6.41. The van der Waals surface area contributed by atoms with Crippen molar-refractivity contribution in [3.05, 3.63) is 0 Å². The predicted molar refractivity (Wildman–Crippen MR) is 70.9 cm³/mol. The van der Waals surface area contributed by atoms with Crippen molar-refractivity contribution in [1.29, 1.82) is 0 Å². The van der Waals surface area contributed by atoms with E-state index in [-0.39, 0.29) is 6.42 Å². The van der Waals surface area contributed by atoms with Gasteiger partial charge in [-0.25, -0.2) is 0 Å². The molecule has 2 aliphatic rings. The number of nitrogens with one attached hydrogen (secondary N) is 1. The van der Waals surface area contributed by atoms with Gasteiger partial charge in [-0.15, -0.1) is 0 Å². The highest BCUT2D eigenvalue weighted by Gasteiger charge is 2.42. The minimum Gasteiger partial charge on any atom is -0.314 e. The van der Waals surface area contributed by atoms with Gasteiger partial charge in [0.2, 0.25) is 0 Å². The molecule has 0 saturated heterocycles. The van der Waals surface area contributed by atoms with E-state index in [2.05, 4.69) is 12.2 Å². The Morgan fingerprint density at radius 1 is 1.21 bits per heavy atom. The molecule has 2 bridgehead atoms. The molecule has 1 nitrogen and oxygen atoms in total. The fourth-order valence-corrected chi connectivity index (χ4v) is 4.11. The predicted octanol–water partition coefficient (Wildman–Crippen LogP) is 4.52. The van der Waals surface area contributed by atoms with Crippen molar-refractivity contribution < 1.29 is 13.2 Å². The summed E-state index contributed by atoms with van der Waals surface area (Å²) >= 11 is 0. The maximum absolute atomic E-state index is 12.3. The number of hydrogen-bond donors (Lipinski definition) is 1. The Kier molecular flexibility index (Phi) is 5.15. The van der Waals surface area contributed by atoms with E-state index >= 15 is 0 Å². The summed E-state index contributed by atoms with van der Waals surface area (Å²) in [6.45, 7) is 3.05. The molecule has 2 saturated carbocycles. The van der Waals surface area contributed by atoms with Crippen molar-refractivity contribution in [2.75, 3.05) is 6.54 Å². The highest BCUT2D eigenvalue weighted by Crippen LogP contribution is 2.50. The first-order chi connectivity index (χ1) is 8.99. The van der Waals surface area contributed by atoms with Gasteiger partial charge in [0.1, 0.15) is 0 Å². The molecular weight excluding hydrogens is 251 g/mol. The molecule has 4 unspecified atom stereocenters. The van der Waals surface area contributed by atoms with E-state index < -0.39 is 12.6 Å². The molecule has 0 aromatic heterocycles. The molecular formula is C15H26F3N. The van der Waals surface area contributed by atoms with Gasteiger partial charge in [-0.3, -0.25) is 0 Å². The SMILES string of the molecule is CCCNC(CCCC(F)(F)F)C1CC2CCC1C2. The van der Waals surface area contributed by atoms with Crippen molar-refractivity contribution in [1.82, 2.24) is 5.32 Å². The molecule has 0 amide bonds. The molecule has 2 rings (SSSR count). The van der Waals surface area contributed by atoms with Crippen molar-refractivity contribution in [3.63, 3.8) is 0 Å². The van der Waals surface area contributed by atoms with Crippen LogP contribution >= 0.6 is 0 Å². The monoisotopic (exact) mass is 277 g/mol. The lowest BCUT2D eigenvalue weighted by Crippen LogP contribution is -2.39. The summed E-state index contributed by atoms with van der Waals surface area (Å²) in [7, 11) is 0. The lowest BCUT2D eigenvalue weighted by Gasteiger charge is -2.31. The topological polar surface area (TPSA) is 12.0 Å². The fourth-order valence-electron chi connectivity index (χ4n) is 4.11. The van der Waals surface area contributed by atoms with Gasteiger partial charge in [0.25, 0.3) is 0 Å².